The summed E-state index contributed by atoms with van der Waals surface area (Å²) in [6.45, 7) is 8.26. The summed E-state index contributed by atoms with van der Waals surface area (Å²) in [7, 11) is 1.73. The first-order chi connectivity index (χ1) is 10.3. The van der Waals surface area contributed by atoms with Gasteiger partial charge in [0.05, 0.1) is 7.11 Å². The Morgan fingerprint density at radius 1 is 1.33 bits per heavy atom. The lowest BCUT2D eigenvalue weighted by atomic mass is 10.0. The van der Waals surface area contributed by atoms with Crippen LogP contribution in [0.25, 0.3) is 0 Å². The minimum atomic E-state index is 0.345. The van der Waals surface area contributed by atoms with E-state index < -0.39 is 0 Å². The molecule has 4 heteroatoms. The molecule has 21 heavy (non-hydrogen) atoms. The van der Waals surface area contributed by atoms with Crippen LogP contribution in [-0.4, -0.2) is 44.1 Å². The van der Waals surface area contributed by atoms with Gasteiger partial charge >= 0.3 is 0 Å². The van der Waals surface area contributed by atoms with Gasteiger partial charge in [0, 0.05) is 32.1 Å². The lowest BCUT2D eigenvalue weighted by Gasteiger charge is -2.22. The first-order valence-electron chi connectivity index (χ1n) is 7.92. The van der Waals surface area contributed by atoms with Crippen LogP contribution in [-0.2, 0) is 0 Å². The molecule has 0 spiro atoms. The Morgan fingerprint density at radius 2 is 2.05 bits per heavy atom. The van der Waals surface area contributed by atoms with Gasteiger partial charge in [-0.05, 0) is 31.4 Å². The van der Waals surface area contributed by atoms with Gasteiger partial charge < -0.3 is 15.0 Å². The highest BCUT2D eigenvalue weighted by Crippen LogP contribution is 2.26. The number of ether oxygens (including phenoxy) is 1. The van der Waals surface area contributed by atoms with E-state index in [2.05, 4.69) is 36.2 Å². The number of benzene rings is 1. The molecule has 1 aromatic rings. The molecule has 0 bridgehead atoms. The van der Waals surface area contributed by atoms with Crippen molar-refractivity contribution in [1.82, 2.24) is 10.2 Å². The molecule has 1 aliphatic rings. The van der Waals surface area contributed by atoms with Crippen LogP contribution in [0.15, 0.2) is 29.3 Å². The van der Waals surface area contributed by atoms with Crippen molar-refractivity contribution in [2.45, 2.75) is 32.6 Å². The molecule has 1 unspecified atom stereocenters. The average molecular weight is 289 g/mol. The molecule has 1 saturated heterocycles. The van der Waals surface area contributed by atoms with Crippen molar-refractivity contribution in [2.24, 2.45) is 4.99 Å². The Bertz CT molecular complexity index is 467. The molecule has 1 aromatic carbocycles. The zero-order chi connectivity index (χ0) is 15.1. The number of para-hydroxylation sites is 1. The second-order valence-corrected chi connectivity index (χ2v) is 5.53. The smallest absolute Gasteiger partial charge is 0.193 e. The fourth-order valence-electron chi connectivity index (χ4n) is 2.75. The van der Waals surface area contributed by atoms with Crippen molar-refractivity contribution in [3.63, 3.8) is 0 Å². The summed E-state index contributed by atoms with van der Waals surface area (Å²) < 4.78 is 5.45. The van der Waals surface area contributed by atoms with Gasteiger partial charge in [0.2, 0.25) is 0 Å². The van der Waals surface area contributed by atoms with Crippen LogP contribution in [0.4, 0.5) is 0 Å². The monoisotopic (exact) mass is 289 g/mol. The highest BCUT2D eigenvalue weighted by molar-refractivity contribution is 5.80. The van der Waals surface area contributed by atoms with E-state index in [1.165, 1.54) is 18.4 Å². The molecule has 0 amide bonds. The van der Waals surface area contributed by atoms with Crippen LogP contribution >= 0.6 is 0 Å². The van der Waals surface area contributed by atoms with Crippen molar-refractivity contribution in [3.8, 4) is 5.75 Å². The lowest BCUT2D eigenvalue weighted by molar-refractivity contribution is 0.406. The summed E-state index contributed by atoms with van der Waals surface area (Å²) in [4.78, 5) is 7.18. The first-order valence-corrected chi connectivity index (χ1v) is 7.92. The summed E-state index contributed by atoms with van der Waals surface area (Å²) in [6.07, 6.45) is 2.54. The second-order valence-electron chi connectivity index (χ2n) is 5.53. The predicted octanol–water partition coefficient (Wildman–Crippen LogP) is 2.86. The minimum absolute atomic E-state index is 0.345. The van der Waals surface area contributed by atoms with Crippen LogP contribution < -0.4 is 10.1 Å². The number of hydrogen-bond acceptors (Lipinski definition) is 2. The number of guanidine groups is 1. The topological polar surface area (TPSA) is 36.9 Å². The fourth-order valence-corrected chi connectivity index (χ4v) is 2.75. The van der Waals surface area contributed by atoms with Gasteiger partial charge in [-0.15, -0.1) is 0 Å². The molecule has 1 fully saturated rings. The molecule has 0 radical (unpaired) electrons. The standard InChI is InChI=1S/C17H27N3O/c1-4-18-17(20-11-7-8-12-20)19-13-14(2)15-9-5-6-10-16(15)21-3/h5-6,9-10,14H,4,7-8,11-13H2,1-3H3,(H,18,19). The van der Waals surface area contributed by atoms with E-state index in [4.69, 9.17) is 9.73 Å². The Labute approximate surface area is 128 Å². The number of hydrogen-bond donors (Lipinski definition) is 1. The highest BCUT2D eigenvalue weighted by Gasteiger charge is 2.16. The van der Waals surface area contributed by atoms with E-state index in [1.54, 1.807) is 7.11 Å². The van der Waals surface area contributed by atoms with Crippen LogP contribution in [0, 0.1) is 0 Å². The lowest BCUT2D eigenvalue weighted by Crippen LogP contribution is -2.39. The number of likely N-dealkylation sites (tertiary alicyclic amines) is 1. The molecule has 1 N–H and O–H groups in total. The van der Waals surface area contributed by atoms with Crippen molar-refractivity contribution < 1.29 is 4.74 Å². The van der Waals surface area contributed by atoms with Crippen LogP contribution in [0.3, 0.4) is 0 Å². The predicted molar refractivity (Wildman–Crippen MR) is 88.2 cm³/mol. The van der Waals surface area contributed by atoms with Gasteiger partial charge in [0.25, 0.3) is 0 Å². The van der Waals surface area contributed by atoms with E-state index in [-0.39, 0.29) is 0 Å². The van der Waals surface area contributed by atoms with Gasteiger partial charge in [-0.2, -0.15) is 0 Å². The van der Waals surface area contributed by atoms with Crippen molar-refractivity contribution in [3.05, 3.63) is 29.8 Å². The summed E-state index contributed by atoms with van der Waals surface area (Å²) >= 11 is 0. The number of rotatable bonds is 5. The number of nitrogens with one attached hydrogen (secondary N) is 1. The van der Waals surface area contributed by atoms with Gasteiger partial charge in [-0.25, -0.2) is 0 Å². The number of nitrogens with zero attached hydrogens (tertiary/aromatic N) is 2. The largest absolute Gasteiger partial charge is 0.496 e. The zero-order valence-corrected chi connectivity index (χ0v) is 13.4. The summed E-state index contributed by atoms with van der Waals surface area (Å²) in [5.41, 5.74) is 1.22. The SMILES string of the molecule is CCNC(=NCC(C)c1ccccc1OC)N1CCCC1. The maximum Gasteiger partial charge on any atom is 0.193 e. The molecule has 0 aliphatic carbocycles. The molecule has 0 aromatic heterocycles. The van der Waals surface area contributed by atoms with E-state index in [0.717, 1.165) is 37.9 Å². The summed E-state index contributed by atoms with van der Waals surface area (Å²) in [5.74, 6) is 2.35. The molecule has 4 nitrogen and oxygen atoms in total. The van der Waals surface area contributed by atoms with Gasteiger partial charge in [0.1, 0.15) is 5.75 Å². The van der Waals surface area contributed by atoms with Crippen LogP contribution in [0.5, 0.6) is 5.75 Å². The Balaban J connectivity index is 2.05. The van der Waals surface area contributed by atoms with Crippen molar-refractivity contribution >= 4 is 5.96 Å². The third-order valence-corrected chi connectivity index (χ3v) is 3.93. The van der Waals surface area contributed by atoms with Gasteiger partial charge in [-0.1, -0.05) is 25.1 Å². The summed E-state index contributed by atoms with van der Waals surface area (Å²) in [5, 5.41) is 3.40. The summed E-state index contributed by atoms with van der Waals surface area (Å²) in [6, 6.07) is 8.21. The average Bonchev–Trinajstić information content (AvgIpc) is 3.05. The molecule has 1 atom stereocenters. The van der Waals surface area contributed by atoms with E-state index in [1.807, 2.05) is 12.1 Å². The third kappa shape index (κ3) is 4.13. The first kappa shape index (κ1) is 15.7. The quantitative estimate of drug-likeness (QED) is 0.669. The van der Waals surface area contributed by atoms with Crippen LogP contribution in [0.1, 0.15) is 38.2 Å². The second kappa shape index (κ2) is 7.91. The van der Waals surface area contributed by atoms with E-state index in [9.17, 15) is 0 Å². The zero-order valence-electron chi connectivity index (χ0n) is 13.4. The fraction of sp³-hybridized carbons (Fsp3) is 0.588. The van der Waals surface area contributed by atoms with E-state index >= 15 is 0 Å². The third-order valence-electron chi connectivity index (χ3n) is 3.93. The Kier molecular flexibility index (Phi) is 5.90. The van der Waals surface area contributed by atoms with Crippen LogP contribution in [0.2, 0.25) is 0 Å². The Hall–Kier alpha value is -1.71. The van der Waals surface area contributed by atoms with Gasteiger partial charge in [0.15, 0.2) is 5.96 Å². The van der Waals surface area contributed by atoms with E-state index in [0.29, 0.717) is 5.92 Å². The molecule has 2 rings (SSSR count). The maximum atomic E-state index is 5.45. The number of methoxy groups -OCH3 is 1. The molecular formula is C17H27N3O. The maximum absolute atomic E-state index is 5.45. The van der Waals surface area contributed by atoms with Crippen molar-refractivity contribution in [2.75, 3.05) is 33.3 Å². The normalized spacial score (nSPS) is 16.9. The molecule has 1 heterocycles. The Morgan fingerprint density at radius 3 is 2.71 bits per heavy atom. The molecule has 0 saturated carbocycles. The molecule has 1 aliphatic heterocycles. The molecule has 116 valence electrons. The number of aliphatic imine (C=N–C) groups is 1. The highest BCUT2D eigenvalue weighted by atomic mass is 16.5. The molecular weight excluding hydrogens is 262 g/mol. The van der Waals surface area contributed by atoms with Gasteiger partial charge in [-0.3, -0.25) is 4.99 Å². The minimum Gasteiger partial charge on any atom is -0.496 e. The van der Waals surface area contributed by atoms with Crippen molar-refractivity contribution in [1.29, 1.82) is 0 Å².